The Morgan fingerprint density at radius 2 is 1.80 bits per heavy atom. The van der Waals surface area contributed by atoms with Gasteiger partial charge in [0.1, 0.15) is 11.6 Å². The van der Waals surface area contributed by atoms with E-state index in [1.165, 1.54) is 12.1 Å². The topological polar surface area (TPSA) is 50.4 Å². The fourth-order valence-corrected chi connectivity index (χ4v) is 3.49. The summed E-state index contributed by atoms with van der Waals surface area (Å²) < 4.78 is 19.9. The lowest BCUT2D eigenvalue weighted by Crippen LogP contribution is -2.41. The molecule has 2 aromatic carbocycles. The van der Waals surface area contributed by atoms with Crippen LogP contribution >= 0.6 is 22.6 Å². The summed E-state index contributed by atoms with van der Waals surface area (Å²) in [5.74, 6) is 0.425. The maximum absolute atomic E-state index is 12.9. The number of nitrogens with one attached hydrogen (secondary N) is 2. The summed E-state index contributed by atoms with van der Waals surface area (Å²) in [7, 11) is 0. The first-order valence-corrected chi connectivity index (χ1v) is 9.42. The molecule has 1 fully saturated rings. The lowest BCUT2D eigenvalue weighted by Gasteiger charge is -2.29. The Labute approximate surface area is 160 Å². The number of benzene rings is 2. The molecule has 25 heavy (non-hydrogen) atoms. The van der Waals surface area contributed by atoms with Crippen LogP contribution in [0.1, 0.15) is 25.7 Å². The average molecular weight is 454 g/mol. The van der Waals surface area contributed by atoms with Crippen molar-refractivity contribution in [1.29, 1.82) is 0 Å². The van der Waals surface area contributed by atoms with Gasteiger partial charge in [0.2, 0.25) is 0 Å². The monoisotopic (exact) mass is 454 g/mol. The summed E-state index contributed by atoms with van der Waals surface area (Å²) in [6, 6.07) is 13.8. The number of carbonyl (C=O) groups is 1. The minimum atomic E-state index is -0.264. The highest BCUT2D eigenvalue weighted by molar-refractivity contribution is 14.1. The number of halogens is 2. The van der Waals surface area contributed by atoms with Crippen LogP contribution in [0.2, 0.25) is 0 Å². The van der Waals surface area contributed by atoms with E-state index in [2.05, 4.69) is 33.2 Å². The summed E-state index contributed by atoms with van der Waals surface area (Å²) in [4.78, 5) is 12.1. The van der Waals surface area contributed by atoms with Crippen LogP contribution in [0.4, 0.5) is 14.9 Å². The molecule has 0 atom stereocenters. The first-order valence-electron chi connectivity index (χ1n) is 8.34. The van der Waals surface area contributed by atoms with Gasteiger partial charge in [-0.15, -0.1) is 0 Å². The molecular weight excluding hydrogens is 434 g/mol. The van der Waals surface area contributed by atoms with Crippen molar-refractivity contribution in [3.63, 3.8) is 0 Å². The third kappa shape index (κ3) is 5.59. The fourth-order valence-electron chi connectivity index (χ4n) is 2.95. The average Bonchev–Trinajstić information content (AvgIpc) is 2.59. The van der Waals surface area contributed by atoms with E-state index in [0.717, 1.165) is 34.9 Å². The van der Waals surface area contributed by atoms with Crippen molar-refractivity contribution in [2.45, 2.75) is 37.8 Å². The predicted octanol–water partition coefficient (Wildman–Crippen LogP) is 4.94. The minimum Gasteiger partial charge on any atom is -0.490 e. The maximum Gasteiger partial charge on any atom is 0.319 e. The smallest absolute Gasteiger partial charge is 0.319 e. The number of amides is 2. The fraction of sp³-hybridized carbons (Fsp3) is 0.316. The minimum absolute atomic E-state index is 0.113. The molecule has 2 amide bonds. The van der Waals surface area contributed by atoms with Crippen LogP contribution < -0.4 is 15.4 Å². The molecule has 3 rings (SSSR count). The molecule has 0 saturated heterocycles. The van der Waals surface area contributed by atoms with Crippen molar-refractivity contribution in [2.24, 2.45) is 0 Å². The lowest BCUT2D eigenvalue weighted by molar-refractivity contribution is 0.141. The van der Waals surface area contributed by atoms with E-state index < -0.39 is 0 Å². The zero-order valence-corrected chi connectivity index (χ0v) is 15.8. The number of ether oxygens (including phenoxy) is 1. The summed E-state index contributed by atoms with van der Waals surface area (Å²) in [5, 5.41) is 5.89. The van der Waals surface area contributed by atoms with E-state index in [9.17, 15) is 9.18 Å². The van der Waals surface area contributed by atoms with Gasteiger partial charge in [-0.2, -0.15) is 0 Å². The van der Waals surface area contributed by atoms with Crippen LogP contribution in [0, 0.1) is 9.39 Å². The van der Waals surface area contributed by atoms with Crippen molar-refractivity contribution >= 4 is 34.3 Å². The van der Waals surface area contributed by atoms with Gasteiger partial charge < -0.3 is 15.4 Å². The maximum atomic E-state index is 12.9. The van der Waals surface area contributed by atoms with E-state index in [1.807, 2.05) is 24.3 Å². The second-order valence-corrected chi connectivity index (χ2v) is 7.40. The van der Waals surface area contributed by atoms with E-state index in [0.29, 0.717) is 5.75 Å². The number of rotatable bonds is 4. The first-order chi connectivity index (χ1) is 12.1. The molecule has 1 saturated carbocycles. The quantitative estimate of drug-likeness (QED) is 0.643. The molecule has 0 aromatic heterocycles. The van der Waals surface area contributed by atoms with Gasteiger partial charge >= 0.3 is 6.03 Å². The summed E-state index contributed by atoms with van der Waals surface area (Å²) in [6.07, 6.45) is 3.58. The van der Waals surface area contributed by atoms with Crippen molar-refractivity contribution in [2.75, 3.05) is 5.32 Å². The van der Waals surface area contributed by atoms with Crippen LogP contribution in [0.25, 0.3) is 0 Å². The van der Waals surface area contributed by atoms with Crippen LogP contribution in [-0.2, 0) is 0 Å². The highest BCUT2D eigenvalue weighted by atomic mass is 127. The molecule has 0 radical (unpaired) electrons. The van der Waals surface area contributed by atoms with Gasteiger partial charge in [-0.3, -0.25) is 0 Å². The van der Waals surface area contributed by atoms with Gasteiger partial charge in [-0.05, 0) is 90.7 Å². The number of hydrogen-bond donors (Lipinski definition) is 2. The van der Waals surface area contributed by atoms with Gasteiger partial charge in [0.05, 0.1) is 6.10 Å². The molecule has 0 heterocycles. The molecule has 0 aliphatic heterocycles. The first kappa shape index (κ1) is 18.0. The lowest BCUT2D eigenvalue weighted by atomic mass is 9.93. The zero-order chi connectivity index (χ0) is 17.6. The standard InChI is InChI=1S/C19H20FIN2O2/c20-13-4-8-17(9-5-13)25-18-10-6-15(7-11-18)22-19(24)23-16-3-1-2-14(21)12-16/h1-5,8-9,12,15,18H,6-7,10-11H2,(H2,22,23,24). The summed E-state index contributed by atoms with van der Waals surface area (Å²) in [5.41, 5.74) is 0.790. The van der Waals surface area contributed by atoms with Crippen molar-refractivity contribution < 1.29 is 13.9 Å². The molecule has 2 aromatic rings. The van der Waals surface area contributed by atoms with Crippen molar-refractivity contribution in [1.82, 2.24) is 5.32 Å². The van der Waals surface area contributed by atoms with Crippen LogP contribution in [0.15, 0.2) is 48.5 Å². The van der Waals surface area contributed by atoms with Crippen LogP contribution in [0.3, 0.4) is 0 Å². The zero-order valence-electron chi connectivity index (χ0n) is 13.7. The van der Waals surface area contributed by atoms with Gasteiger partial charge in [-0.1, -0.05) is 6.07 Å². The Bertz CT molecular complexity index is 716. The highest BCUT2D eigenvalue weighted by Gasteiger charge is 2.23. The van der Waals surface area contributed by atoms with Gasteiger partial charge in [-0.25, -0.2) is 9.18 Å². The molecule has 1 aliphatic rings. The van der Waals surface area contributed by atoms with Crippen LogP contribution in [0.5, 0.6) is 5.75 Å². The summed E-state index contributed by atoms with van der Waals surface area (Å²) in [6.45, 7) is 0. The number of carbonyl (C=O) groups excluding carboxylic acids is 1. The molecule has 0 unspecified atom stereocenters. The Morgan fingerprint density at radius 1 is 1.08 bits per heavy atom. The molecule has 0 spiro atoms. The second-order valence-electron chi connectivity index (χ2n) is 6.15. The third-order valence-corrected chi connectivity index (χ3v) is 4.88. The number of hydrogen-bond acceptors (Lipinski definition) is 2. The third-order valence-electron chi connectivity index (χ3n) is 4.21. The SMILES string of the molecule is O=C(Nc1cccc(I)c1)NC1CCC(Oc2ccc(F)cc2)CC1. The molecule has 2 N–H and O–H groups in total. The van der Waals surface area contributed by atoms with Crippen molar-refractivity contribution in [3.8, 4) is 5.75 Å². The molecule has 6 heteroatoms. The molecule has 4 nitrogen and oxygen atoms in total. The van der Waals surface area contributed by atoms with E-state index in [-0.39, 0.29) is 24.0 Å². The molecule has 1 aliphatic carbocycles. The molecule has 0 bridgehead atoms. The Hall–Kier alpha value is -1.83. The predicted molar refractivity (Wildman–Crippen MR) is 104 cm³/mol. The Kier molecular flexibility index (Phi) is 6.12. The normalized spacial score (nSPS) is 19.9. The van der Waals surface area contributed by atoms with Gasteiger partial charge in [0.15, 0.2) is 0 Å². The molecular formula is C19H20FIN2O2. The molecule has 132 valence electrons. The van der Waals surface area contributed by atoms with Crippen molar-refractivity contribution in [3.05, 3.63) is 57.9 Å². The Balaban J connectivity index is 1.42. The van der Waals surface area contributed by atoms with Crippen LogP contribution in [-0.4, -0.2) is 18.2 Å². The van der Waals surface area contributed by atoms with E-state index in [4.69, 9.17) is 4.74 Å². The Morgan fingerprint density at radius 3 is 2.48 bits per heavy atom. The largest absolute Gasteiger partial charge is 0.490 e. The number of urea groups is 1. The summed E-state index contributed by atoms with van der Waals surface area (Å²) >= 11 is 2.21. The second kappa shape index (κ2) is 8.51. The van der Waals surface area contributed by atoms with Gasteiger partial charge in [0, 0.05) is 15.3 Å². The van der Waals surface area contributed by atoms with Gasteiger partial charge in [0.25, 0.3) is 0 Å². The van der Waals surface area contributed by atoms with E-state index >= 15 is 0 Å². The highest BCUT2D eigenvalue weighted by Crippen LogP contribution is 2.24. The van der Waals surface area contributed by atoms with E-state index in [1.54, 1.807) is 12.1 Å². The number of anilines is 1.